The number of nitrogens with one attached hydrogen (secondary N) is 1. The van der Waals surface area contributed by atoms with Gasteiger partial charge in [-0.25, -0.2) is 0 Å². The lowest BCUT2D eigenvalue weighted by Crippen LogP contribution is -2.34. The van der Waals surface area contributed by atoms with E-state index in [4.69, 9.17) is 0 Å². The van der Waals surface area contributed by atoms with Gasteiger partial charge in [0.05, 0.1) is 6.04 Å². The smallest absolute Gasteiger partial charge is 0.243 e. The van der Waals surface area contributed by atoms with Gasteiger partial charge in [-0.3, -0.25) is 9.69 Å². The van der Waals surface area contributed by atoms with Crippen LogP contribution in [-0.2, 0) is 4.79 Å². The molecule has 1 N–H and O–H groups in total. The summed E-state index contributed by atoms with van der Waals surface area (Å²) in [4.78, 5) is 17.3. The monoisotopic (exact) mass is 467 g/mol. The van der Waals surface area contributed by atoms with Crippen LogP contribution >= 0.6 is 0 Å². The highest BCUT2D eigenvalue weighted by atomic mass is 16.1. The molecule has 0 atom stereocenters. The maximum Gasteiger partial charge on any atom is 0.243 e. The highest BCUT2D eigenvalue weighted by Gasteiger charge is 2.24. The average Bonchev–Trinajstić information content (AvgIpc) is 3.15. The standard InChI is InChI=1S/C31H37N3O/c35-30(20-19-27-13-4-1-5-14-27)32-21-10-11-22-33-23-12-24-34(26-25-33)31(28-15-6-2-7-16-28)29-17-8-3-9-18-29/h1-9,13-20,31H,10-12,21-26H2,(H,32,35)/b20-19+. The fraction of sp³-hybridized carbons (Fsp3) is 0.323. The number of hydrogen-bond acceptors (Lipinski definition) is 3. The van der Waals surface area contributed by atoms with Crippen molar-refractivity contribution in [3.8, 4) is 0 Å². The second kappa shape index (κ2) is 13.6. The summed E-state index contributed by atoms with van der Waals surface area (Å²) in [6.07, 6.45) is 6.76. The van der Waals surface area contributed by atoms with Gasteiger partial charge in [0, 0.05) is 32.3 Å². The molecule has 0 spiro atoms. The number of nitrogens with zero attached hydrogens (tertiary/aromatic N) is 2. The molecule has 0 saturated carbocycles. The van der Waals surface area contributed by atoms with Crippen LogP contribution in [0.4, 0.5) is 0 Å². The lowest BCUT2D eigenvalue weighted by atomic mass is 9.97. The van der Waals surface area contributed by atoms with Crippen LogP contribution in [0.5, 0.6) is 0 Å². The summed E-state index contributed by atoms with van der Waals surface area (Å²) in [5, 5.41) is 3.01. The first kappa shape index (κ1) is 24.9. The molecule has 0 radical (unpaired) electrons. The Morgan fingerprint density at radius 1 is 0.771 bits per heavy atom. The molecule has 4 heteroatoms. The van der Waals surface area contributed by atoms with Gasteiger partial charge in [-0.1, -0.05) is 91.0 Å². The Hall–Kier alpha value is -3.21. The molecular weight excluding hydrogens is 430 g/mol. The van der Waals surface area contributed by atoms with E-state index in [1.165, 1.54) is 17.5 Å². The fourth-order valence-electron chi connectivity index (χ4n) is 4.82. The Morgan fingerprint density at radius 3 is 2.06 bits per heavy atom. The van der Waals surface area contributed by atoms with Crippen molar-refractivity contribution in [2.45, 2.75) is 25.3 Å². The molecule has 0 bridgehead atoms. The first-order valence-electron chi connectivity index (χ1n) is 12.9. The molecule has 3 aromatic carbocycles. The van der Waals surface area contributed by atoms with E-state index in [-0.39, 0.29) is 5.91 Å². The second-order valence-corrected chi connectivity index (χ2v) is 9.20. The number of hydrogen-bond donors (Lipinski definition) is 1. The van der Waals surface area contributed by atoms with Crippen molar-refractivity contribution in [3.63, 3.8) is 0 Å². The number of rotatable bonds is 10. The van der Waals surface area contributed by atoms with E-state index in [0.717, 1.165) is 57.7 Å². The van der Waals surface area contributed by atoms with Gasteiger partial charge in [0.15, 0.2) is 0 Å². The van der Waals surface area contributed by atoms with Gasteiger partial charge in [-0.05, 0) is 55.1 Å². The predicted molar refractivity (Wildman–Crippen MR) is 145 cm³/mol. The topological polar surface area (TPSA) is 35.6 Å². The predicted octanol–water partition coefficient (Wildman–Crippen LogP) is 5.39. The fourth-order valence-corrected chi connectivity index (χ4v) is 4.82. The molecule has 0 unspecified atom stereocenters. The minimum absolute atomic E-state index is 0.0212. The number of carbonyl (C=O) groups excluding carboxylic acids is 1. The second-order valence-electron chi connectivity index (χ2n) is 9.20. The maximum absolute atomic E-state index is 12.0. The number of carbonyl (C=O) groups is 1. The first-order valence-corrected chi connectivity index (χ1v) is 12.9. The zero-order valence-corrected chi connectivity index (χ0v) is 20.6. The van der Waals surface area contributed by atoms with Crippen LogP contribution in [0.1, 0.15) is 42.0 Å². The van der Waals surface area contributed by atoms with Crippen molar-refractivity contribution >= 4 is 12.0 Å². The lowest BCUT2D eigenvalue weighted by molar-refractivity contribution is -0.116. The van der Waals surface area contributed by atoms with Crippen molar-refractivity contribution in [3.05, 3.63) is 114 Å². The van der Waals surface area contributed by atoms with Crippen molar-refractivity contribution < 1.29 is 4.79 Å². The van der Waals surface area contributed by atoms with Gasteiger partial charge in [0.25, 0.3) is 0 Å². The third-order valence-corrected chi connectivity index (χ3v) is 6.65. The Labute approximate surface area is 210 Å². The quantitative estimate of drug-likeness (QED) is 0.321. The largest absolute Gasteiger partial charge is 0.353 e. The Kier molecular flexibility index (Phi) is 9.69. The number of amides is 1. The summed E-state index contributed by atoms with van der Waals surface area (Å²) >= 11 is 0. The van der Waals surface area contributed by atoms with E-state index >= 15 is 0 Å². The third kappa shape index (κ3) is 7.91. The summed E-state index contributed by atoms with van der Waals surface area (Å²) in [6, 6.07) is 32.0. The van der Waals surface area contributed by atoms with Gasteiger partial charge in [0.1, 0.15) is 0 Å². The summed E-state index contributed by atoms with van der Waals surface area (Å²) in [5.74, 6) is -0.0212. The van der Waals surface area contributed by atoms with Crippen LogP contribution in [0.25, 0.3) is 6.08 Å². The van der Waals surface area contributed by atoms with Crippen molar-refractivity contribution in [2.24, 2.45) is 0 Å². The molecule has 1 saturated heterocycles. The van der Waals surface area contributed by atoms with E-state index in [1.807, 2.05) is 36.4 Å². The molecule has 4 nitrogen and oxygen atoms in total. The highest BCUT2D eigenvalue weighted by Crippen LogP contribution is 2.29. The normalized spacial score (nSPS) is 15.3. The summed E-state index contributed by atoms with van der Waals surface area (Å²) < 4.78 is 0. The highest BCUT2D eigenvalue weighted by molar-refractivity contribution is 5.91. The van der Waals surface area contributed by atoms with Crippen LogP contribution in [0, 0.1) is 0 Å². The van der Waals surface area contributed by atoms with Crippen molar-refractivity contribution in [1.29, 1.82) is 0 Å². The van der Waals surface area contributed by atoms with Crippen molar-refractivity contribution in [1.82, 2.24) is 15.1 Å². The van der Waals surface area contributed by atoms with Gasteiger partial charge in [-0.15, -0.1) is 0 Å². The molecule has 35 heavy (non-hydrogen) atoms. The first-order chi connectivity index (χ1) is 17.3. The Morgan fingerprint density at radius 2 is 1.40 bits per heavy atom. The summed E-state index contributed by atoms with van der Waals surface area (Å²) in [5.41, 5.74) is 3.77. The Bertz CT molecular complexity index is 997. The van der Waals surface area contributed by atoms with E-state index in [0.29, 0.717) is 6.04 Å². The van der Waals surface area contributed by atoms with Crippen molar-refractivity contribution in [2.75, 3.05) is 39.3 Å². The van der Waals surface area contributed by atoms with Crippen LogP contribution in [0.3, 0.4) is 0 Å². The van der Waals surface area contributed by atoms with E-state index in [2.05, 4.69) is 75.8 Å². The zero-order valence-electron chi connectivity index (χ0n) is 20.6. The van der Waals surface area contributed by atoms with Gasteiger partial charge in [-0.2, -0.15) is 0 Å². The molecular formula is C31H37N3O. The lowest BCUT2D eigenvalue weighted by Gasteiger charge is -2.31. The molecule has 0 aromatic heterocycles. The SMILES string of the molecule is O=C(/C=C/c1ccccc1)NCCCCN1CCCN(C(c2ccccc2)c2ccccc2)CC1. The zero-order chi connectivity index (χ0) is 24.1. The number of benzene rings is 3. The average molecular weight is 468 g/mol. The molecule has 1 amide bonds. The Balaban J connectivity index is 1.21. The van der Waals surface area contributed by atoms with Gasteiger partial charge < -0.3 is 10.2 Å². The molecule has 1 heterocycles. The molecule has 182 valence electrons. The summed E-state index contributed by atoms with van der Waals surface area (Å²) in [7, 11) is 0. The van der Waals surface area contributed by atoms with Crippen LogP contribution in [0.2, 0.25) is 0 Å². The van der Waals surface area contributed by atoms with E-state index < -0.39 is 0 Å². The van der Waals surface area contributed by atoms with Crippen LogP contribution in [-0.4, -0.2) is 55.0 Å². The van der Waals surface area contributed by atoms with E-state index in [9.17, 15) is 4.79 Å². The molecule has 4 rings (SSSR count). The summed E-state index contributed by atoms with van der Waals surface area (Å²) in [6.45, 7) is 6.21. The molecule has 3 aromatic rings. The molecule has 1 fully saturated rings. The van der Waals surface area contributed by atoms with Gasteiger partial charge in [0.2, 0.25) is 5.91 Å². The molecule has 1 aliphatic rings. The molecule has 0 aliphatic carbocycles. The van der Waals surface area contributed by atoms with Crippen LogP contribution in [0.15, 0.2) is 97.1 Å². The minimum atomic E-state index is -0.0212. The van der Waals surface area contributed by atoms with Crippen LogP contribution < -0.4 is 5.32 Å². The van der Waals surface area contributed by atoms with E-state index in [1.54, 1.807) is 6.08 Å². The minimum Gasteiger partial charge on any atom is -0.353 e. The maximum atomic E-state index is 12.0. The van der Waals surface area contributed by atoms with Gasteiger partial charge >= 0.3 is 0 Å². The number of unbranched alkanes of at least 4 members (excludes halogenated alkanes) is 1. The molecule has 1 aliphatic heterocycles. The third-order valence-electron chi connectivity index (χ3n) is 6.65.